The molecule has 0 unspecified atom stereocenters. The standard InChI is InChI=1S/C28H25N5O9/c34-26(21-11-22(32(37)38)13-23(12-21)33(39)40)29-15-24-14-25(16-29)31(28(36)42-18-20-9-5-2-6-10-20)30(24)27(35)41-17-19-7-3-1-4-8-19/h1-13,24-25H,14-18H2/t24-,25+. The number of carbonyl (C=O) groups is 3. The van der Waals surface area contributed by atoms with Crippen molar-refractivity contribution in [1.82, 2.24) is 14.9 Å². The Labute approximate surface area is 238 Å². The normalized spacial score (nSPS) is 17.5. The van der Waals surface area contributed by atoms with E-state index in [0.717, 1.165) is 39.3 Å². The maximum absolute atomic E-state index is 13.5. The van der Waals surface area contributed by atoms with Crippen LogP contribution in [0.5, 0.6) is 0 Å². The maximum Gasteiger partial charge on any atom is 0.429 e. The minimum Gasteiger partial charge on any atom is -0.443 e. The number of carbonyl (C=O) groups excluding carboxylic acids is 3. The van der Waals surface area contributed by atoms with E-state index in [9.17, 15) is 34.6 Å². The first kappa shape index (κ1) is 28.0. The fourth-order valence-electron chi connectivity index (χ4n) is 5.08. The number of hydrogen-bond acceptors (Lipinski definition) is 9. The van der Waals surface area contributed by atoms with E-state index >= 15 is 0 Å². The lowest BCUT2D eigenvalue weighted by Crippen LogP contribution is -2.50. The van der Waals surface area contributed by atoms with Gasteiger partial charge in [0, 0.05) is 25.2 Å². The van der Waals surface area contributed by atoms with E-state index in [0.29, 0.717) is 6.42 Å². The van der Waals surface area contributed by atoms with E-state index in [4.69, 9.17) is 9.47 Å². The quantitative estimate of drug-likeness (QED) is 0.295. The third-order valence-corrected chi connectivity index (χ3v) is 6.97. The number of nitrogens with zero attached hydrogens (tertiary/aromatic N) is 5. The zero-order valence-corrected chi connectivity index (χ0v) is 22.1. The lowest BCUT2D eigenvalue weighted by atomic mass is 10.0. The van der Waals surface area contributed by atoms with Crippen molar-refractivity contribution in [3.63, 3.8) is 0 Å². The number of benzene rings is 3. The van der Waals surface area contributed by atoms with Crippen molar-refractivity contribution in [2.24, 2.45) is 0 Å². The molecule has 0 N–H and O–H groups in total. The molecule has 2 atom stereocenters. The summed E-state index contributed by atoms with van der Waals surface area (Å²) in [5.41, 5.74) is -0.00581. The summed E-state index contributed by atoms with van der Waals surface area (Å²) >= 11 is 0. The highest BCUT2D eigenvalue weighted by atomic mass is 16.6. The van der Waals surface area contributed by atoms with Gasteiger partial charge >= 0.3 is 12.2 Å². The molecule has 14 heteroatoms. The summed E-state index contributed by atoms with van der Waals surface area (Å²) in [4.78, 5) is 62.5. The van der Waals surface area contributed by atoms with Gasteiger partial charge in [-0.15, -0.1) is 0 Å². The molecule has 2 fully saturated rings. The number of ether oxygens (including phenoxy) is 2. The van der Waals surface area contributed by atoms with Crippen LogP contribution in [-0.2, 0) is 22.7 Å². The number of nitro benzene ring substituents is 2. The zero-order chi connectivity index (χ0) is 29.8. The highest BCUT2D eigenvalue weighted by Gasteiger charge is 2.51. The average Bonchev–Trinajstić information content (AvgIpc) is 3.28. The predicted molar refractivity (Wildman–Crippen MR) is 145 cm³/mol. The second-order valence-corrected chi connectivity index (χ2v) is 9.78. The van der Waals surface area contributed by atoms with Gasteiger partial charge in [0.1, 0.15) is 13.2 Å². The predicted octanol–water partition coefficient (Wildman–Crippen LogP) is 4.29. The summed E-state index contributed by atoms with van der Waals surface area (Å²) in [6.07, 6.45) is -1.31. The lowest BCUT2D eigenvalue weighted by Gasteiger charge is -2.30. The van der Waals surface area contributed by atoms with Gasteiger partial charge in [0.2, 0.25) is 0 Å². The fraction of sp³-hybridized carbons (Fsp3) is 0.250. The highest BCUT2D eigenvalue weighted by molar-refractivity contribution is 5.96. The van der Waals surface area contributed by atoms with Crippen LogP contribution < -0.4 is 0 Å². The van der Waals surface area contributed by atoms with Gasteiger partial charge < -0.3 is 14.4 Å². The number of amides is 3. The Kier molecular flexibility index (Phi) is 7.95. The summed E-state index contributed by atoms with van der Waals surface area (Å²) in [6, 6.07) is 19.2. The molecule has 42 heavy (non-hydrogen) atoms. The number of likely N-dealkylation sites (tertiary alicyclic amines) is 1. The second kappa shape index (κ2) is 11.9. The zero-order valence-electron chi connectivity index (χ0n) is 22.1. The van der Waals surface area contributed by atoms with Crippen molar-refractivity contribution in [2.75, 3.05) is 13.1 Å². The van der Waals surface area contributed by atoms with Crippen molar-refractivity contribution in [2.45, 2.75) is 31.7 Å². The summed E-state index contributed by atoms with van der Waals surface area (Å²) in [5, 5.41) is 25.0. The molecule has 14 nitrogen and oxygen atoms in total. The van der Waals surface area contributed by atoms with Gasteiger partial charge in [-0.05, 0) is 17.5 Å². The van der Waals surface area contributed by atoms with Gasteiger partial charge in [-0.1, -0.05) is 60.7 Å². The summed E-state index contributed by atoms with van der Waals surface area (Å²) in [7, 11) is 0. The van der Waals surface area contributed by atoms with E-state index < -0.39 is 51.4 Å². The van der Waals surface area contributed by atoms with E-state index in [-0.39, 0.29) is 31.9 Å². The van der Waals surface area contributed by atoms with Crippen LogP contribution in [0.4, 0.5) is 21.0 Å². The first-order valence-corrected chi connectivity index (χ1v) is 12.9. The van der Waals surface area contributed by atoms with Crippen LogP contribution >= 0.6 is 0 Å². The number of fused-ring (bicyclic) bond motifs is 2. The Bertz CT molecular complexity index is 1420. The molecule has 0 aromatic heterocycles. The minimum absolute atomic E-state index is 0.0469. The molecule has 5 rings (SSSR count). The first-order valence-electron chi connectivity index (χ1n) is 12.9. The first-order chi connectivity index (χ1) is 20.2. The molecule has 0 saturated carbocycles. The molecule has 2 aliphatic heterocycles. The third-order valence-electron chi connectivity index (χ3n) is 6.97. The van der Waals surface area contributed by atoms with Crippen molar-refractivity contribution in [3.8, 4) is 0 Å². The second-order valence-electron chi connectivity index (χ2n) is 9.78. The Hall–Kier alpha value is -5.53. The number of rotatable bonds is 7. The van der Waals surface area contributed by atoms with Gasteiger partial charge in [0.15, 0.2) is 0 Å². The van der Waals surface area contributed by atoms with Crippen LogP contribution in [-0.4, -0.2) is 68.0 Å². The van der Waals surface area contributed by atoms with Crippen LogP contribution in [0.15, 0.2) is 78.9 Å². The molecule has 216 valence electrons. The van der Waals surface area contributed by atoms with E-state index in [1.54, 1.807) is 48.5 Å². The van der Waals surface area contributed by atoms with Gasteiger partial charge in [-0.3, -0.25) is 25.0 Å². The number of hydrogen-bond donors (Lipinski definition) is 0. The molecule has 2 aliphatic rings. The van der Waals surface area contributed by atoms with Crippen molar-refractivity contribution in [3.05, 3.63) is 116 Å². The fourth-order valence-corrected chi connectivity index (χ4v) is 5.08. The molecule has 0 spiro atoms. The lowest BCUT2D eigenvalue weighted by molar-refractivity contribution is -0.394. The van der Waals surface area contributed by atoms with Gasteiger partial charge in [-0.2, -0.15) is 0 Å². The molecular formula is C28H25N5O9. The minimum atomic E-state index is -0.821. The summed E-state index contributed by atoms with van der Waals surface area (Å²) in [6.45, 7) is -0.204. The third kappa shape index (κ3) is 5.96. The highest BCUT2D eigenvalue weighted by Crippen LogP contribution is 2.34. The molecule has 0 radical (unpaired) electrons. The number of non-ortho nitro benzene ring substituents is 2. The molecule has 2 bridgehead atoms. The van der Waals surface area contributed by atoms with Gasteiger partial charge in [0.25, 0.3) is 17.3 Å². The molecule has 3 aromatic carbocycles. The van der Waals surface area contributed by atoms with Crippen molar-refractivity contribution >= 4 is 29.5 Å². The van der Waals surface area contributed by atoms with Crippen LogP contribution in [0.3, 0.4) is 0 Å². The van der Waals surface area contributed by atoms with Crippen LogP contribution in [0.1, 0.15) is 27.9 Å². The van der Waals surface area contributed by atoms with E-state index in [1.165, 1.54) is 4.90 Å². The van der Waals surface area contributed by atoms with Crippen LogP contribution in [0.25, 0.3) is 0 Å². The van der Waals surface area contributed by atoms with E-state index in [2.05, 4.69) is 0 Å². The van der Waals surface area contributed by atoms with Gasteiger partial charge in [-0.25, -0.2) is 19.6 Å². The number of piperidine rings is 1. The summed E-state index contributed by atoms with van der Waals surface area (Å²) < 4.78 is 11.0. The van der Waals surface area contributed by atoms with Crippen LogP contribution in [0, 0.1) is 20.2 Å². The summed E-state index contributed by atoms with van der Waals surface area (Å²) in [5.74, 6) is -0.714. The monoisotopic (exact) mass is 575 g/mol. The Morgan fingerprint density at radius 1 is 0.714 bits per heavy atom. The van der Waals surface area contributed by atoms with Crippen LogP contribution in [0.2, 0.25) is 0 Å². The van der Waals surface area contributed by atoms with E-state index in [1.807, 2.05) is 12.1 Å². The number of nitro groups is 2. The maximum atomic E-state index is 13.5. The smallest absolute Gasteiger partial charge is 0.429 e. The molecule has 3 amide bonds. The number of hydrazine groups is 1. The van der Waals surface area contributed by atoms with Crippen molar-refractivity contribution in [1.29, 1.82) is 0 Å². The average molecular weight is 576 g/mol. The molecule has 3 aromatic rings. The molecular weight excluding hydrogens is 550 g/mol. The molecule has 2 heterocycles. The molecule has 2 saturated heterocycles. The Balaban J connectivity index is 1.39. The Morgan fingerprint density at radius 3 is 1.55 bits per heavy atom. The SMILES string of the molecule is O=C(c1cc([N+](=O)[O-])cc([N+](=O)[O-])c1)N1C[C@H]2C[C@@H](C1)N(C(=O)OCc1ccccc1)N2C(=O)OCc1ccccc1. The van der Waals surface area contributed by atoms with Gasteiger partial charge in [0.05, 0.1) is 33.6 Å². The largest absolute Gasteiger partial charge is 0.443 e. The Morgan fingerprint density at radius 2 is 1.14 bits per heavy atom. The molecule has 0 aliphatic carbocycles. The topological polar surface area (TPSA) is 166 Å². The van der Waals surface area contributed by atoms with Crippen molar-refractivity contribution < 1.29 is 33.7 Å².